The second-order valence-electron chi connectivity index (χ2n) is 6.29. The molecule has 0 aromatic heterocycles. The van der Waals surface area contributed by atoms with Crippen molar-refractivity contribution in [1.82, 2.24) is 0 Å². The molecule has 0 amide bonds. The molecule has 1 saturated heterocycles. The third-order valence-corrected chi connectivity index (χ3v) is 5.11. The number of hydrogen-bond acceptors (Lipinski definition) is 3. The normalized spacial score (nSPS) is 29.3. The number of ether oxygens (including phenoxy) is 1. The largest absolute Gasteiger partial charge is 0.385 e. The van der Waals surface area contributed by atoms with Gasteiger partial charge in [-0.25, -0.2) is 0 Å². The molecule has 3 heteroatoms. The fourth-order valence-electron chi connectivity index (χ4n) is 4.16. The first-order valence-corrected chi connectivity index (χ1v) is 8.17. The first kappa shape index (κ1) is 12.5. The molecule has 1 saturated carbocycles. The van der Waals surface area contributed by atoms with Crippen molar-refractivity contribution in [3.63, 3.8) is 0 Å². The molecule has 3 aliphatic rings. The molecule has 4 rings (SSSR count). The van der Waals surface area contributed by atoms with Gasteiger partial charge in [-0.05, 0) is 43.4 Å². The van der Waals surface area contributed by atoms with Crippen molar-refractivity contribution in [2.24, 2.45) is 0 Å². The molecule has 0 radical (unpaired) electrons. The number of fused-ring (bicyclic) bond motifs is 2. The van der Waals surface area contributed by atoms with Crippen LogP contribution < -0.4 is 10.2 Å². The minimum atomic E-state index is 0.463. The fourth-order valence-corrected chi connectivity index (χ4v) is 4.16. The van der Waals surface area contributed by atoms with E-state index in [9.17, 15) is 0 Å². The molecule has 2 fully saturated rings. The highest BCUT2D eigenvalue weighted by atomic mass is 16.5. The molecule has 2 heterocycles. The lowest BCUT2D eigenvalue weighted by Gasteiger charge is -2.46. The smallest absolute Gasteiger partial charge is 0.0779 e. The van der Waals surface area contributed by atoms with Crippen LogP contribution in [0.1, 0.15) is 37.7 Å². The van der Waals surface area contributed by atoms with Gasteiger partial charge in [0.25, 0.3) is 0 Å². The first-order valence-electron chi connectivity index (χ1n) is 8.17. The lowest BCUT2D eigenvalue weighted by Crippen LogP contribution is -2.53. The summed E-state index contributed by atoms with van der Waals surface area (Å²) in [6, 6.07) is 7.37. The summed E-state index contributed by atoms with van der Waals surface area (Å²) < 4.78 is 6.02. The lowest BCUT2D eigenvalue weighted by molar-refractivity contribution is -0.00873. The van der Waals surface area contributed by atoms with Gasteiger partial charge in [0.05, 0.1) is 18.8 Å². The van der Waals surface area contributed by atoms with Gasteiger partial charge in [0.15, 0.2) is 0 Å². The van der Waals surface area contributed by atoms with Crippen molar-refractivity contribution in [3.05, 3.63) is 23.8 Å². The summed E-state index contributed by atoms with van der Waals surface area (Å²) in [6.45, 7) is 3.06. The predicted molar refractivity (Wildman–Crippen MR) is 82.6 cm³/mol. The van der Waals surface area contributed by atoms with Gasteiger partial charge < -0.3 is 15.0 Å². The van der Waals surface area contributed by atoms with Crippen molar-refractivity contribution < 1.29 is 4.74 Å². The monoisotopic (exact) mass is 272 g/mol. The van der Waals surface area contributed by atoms with Gasteiger partial charge in [-0.1, -0.05) is 18.9 Å². The topological polar surface area (TPSA) is 24.5 Å². The minimum absolute atomic E-state index is 0.463. The summed E-state index contributed by atoms with van der Waals surface area (Å²) in [5.41, 5.74) is 4.35. The number of benzene rings is 1. The van der Waals surface area contributed by atoms with Gasteiger partial charge in [-0.2, -0.15) is 0 Å². The molecule has 1 aromatic carbocycles. The van der Waals surface area contributed by atoms with Crippen LogP contribution in [0.15, 0.2) is 18.2 Å². The van der Waals surface area contributed by atoms with E-state index in [0.717, 1.165) is 19.7 Å². The maximum Gasteiger partial charge on any atom is 0.0779 e. The second kappa shape index (κ2) is 5.28. The standard InChI is InChI=1S/C17H24N2O/c1-2-9-17-16(7-1)19(11-12-20-17)15-8-3-6-14-13(15)5-4-10-18-14/h3,6,8,16-18H,1-2,4-5,7,9-12H2. The first-order chi connectivity index (χ1) is 9.93. The van der Waals surface area contributed by atoms with Gasteiger partial charge in [-0.15, -0.1) is 0 Å². The average molecular weight is 272 g/mol. The molecule has 108 valence electrons. The Bertz CT molecular complexity index is 486. The maximum atomic E-state index is 6.02. The predicted octanol–water partition coefficient (Wildman–Crippen LogP) is 3.19. The molecule has 1 aliphatic carbocycles. The SMILES string of the molecule is c1cc2c(c(N3CCOC4CCCCC43)c1)CCCN2. The Morgan fingerprint density at radius 1 is 1.15 bits per heavy atom. The van der Waals surface area contributed by atoms with E-state index in [1.807, 2.05) is 0 Å². The highest BCUT2D eigenvalue weighted by Crippen LogP contribution is 2.37. The molecule has 0 spiro atoms. The zero-order valence-electron chi connectivity index (χ0n) is 12.1. The highest BCUT2D eigenvalue weighted by molar-refractivity contribution is 5.68. The zero-order valence-corrected chi connectivity index (χ0v) is 12.1. The van der Waals surface area contributed by atoms with Gasteiger partial charge in [0, 0.05) is 24.5 Å². The number of anilines is 2. The van der Waals surface area contributed by atoms with E-state index in [-0.39, 0.29) is 0 Å². The van der Waals surface area contributed by atoms with Crippen LogP contribution in [0, 0.1) is 0 Å². The van der Waals surface area contributed by atoms with Crippen LogP contribution in [-0.2, 0) is 11.2 Å². The molecule has 2 unspecified atom stereocenters. The van der Waals surface area contributed by atoms with Crippen LogP contribution in [0.25, 0.3) is 0 Å². The van der Waals surface area contributed by atoms with E-state index in [2.05, 4.69) is 28.4 Å². The number of rotatable bonds is 1. The van der Waals surface area contributed by atoms with E-state index < -0.39 is 0 Å². The van der Waals surface area contributed by atoms with Crippen molar-refractivity contribution in [2.45, 2.75) is 50.7 Å². The molecule has 2 atom stereocenters. The van der Waals surface area contributed by atoms with E-state index in [0.29, 0.717) is 12.1 Å². The Morgan fingerprint density at radius 3 is 3.10 bits per heavy atom. The third-order valence-electron chi connectivity index (χ3n) is 5.11. The quantitative estimate of drug-likeness (QED) is 0.849. The Balaban J connectivity index is 1.69. The van der Waals surface area contributed by atoms with E-state index in [1.54, 1.807) is 0 Å². The van der Waals surface area contributed by atoms with E-state index in [4.69, 9.17) is 4.74 Å². The Labute approximate surface area is 121 Å². The minimum Gasteiger partial charge on any atom is -0.385 e. The fraction of sp³-hybridized carbons (Fsp3) is 0.647. The lowest BCUT2D eigenvalue weighted by atomic mass is 9.89. The molecule has 1 aromatic rings. The van der Waals surface area contributed by atoms with Crippen LogP contribution in [0.3, 0.4) is 0 Å². The average Bonchev–Trinajstić information content (AvgIpc) is 2.54. The summed E-state index contributed by atoms with van der Waals surface area (Å²) in [5.74, 6) is 0. The van der Waals surface area contributed by atoms with Gasteiger partial charge in [0.1, 0.15) is 0 Å². The number of hydrogen-bond donors (Lipinski definition) is 1. The summed E-state index contributed by atoms with van der Waals surface area (Å²) >= 11 is 0. The van der Waals surface area contributed by atoms with Gasteiger partial charge >= 0.3 is 0 Å². The zero-order chi connectivity index (χ0) is 13.4. The van der Waals surface area contributed by atoms with Crippen molar-refractivity contribution in [3.8, 4) is 0 Å². The maximum absolute atomic E-state index is 6.02. The Morgan fingerprint density at radius 2 is 2.10 bits per heavy atom. The Kier molecular flexibility index (Phi) is 3.31. The second-order valence-corrected chi connectivity index (χ2v) is 6.29. The molecule has 0 bridgehead atoms. The van der Waals surface area contributed by atoms with Crippen LogP contribution >= 0.6 is 0 Å². The number of nitrogens with zero attached hydrogens (tertiary/aromatic N) is 1. The van der Waals surface area contributed by atoms with Crippen molar-refractivity contribution in [1.29, 1.82) is 0 Å². The van der Waals surface area contributed by atoms with Crippen LogP contribution in [-0.4, -0.2) is 31.8 Å². The molecule has 20 heavy (non-hydrogen) atoms. The van der Waals surface area contributed by atoms with Crippen LogP contribution in [0.4, 0.5) is 11.4 Å². The summed E-state index contributed by atoms with van der Waals surface area (Å²) in [5, 5.41) is 3.56. The van der Waals surface area contributed by atoms with Crippen LogP contribution in [0.5, 0.6) is 0 Å². The molecule has 3 nitrogen and oxygen atoms in total. The summed E-state index contributed by atoms with van der Waals surface area (Å²) in [6.07, 6.45) is 8.16. The van der Waals surface area contributed by atoms with Gasteiger partial charge in [0.2, 0.25) is 0 Å². The third kappa shape index (κ3) is 2.08. The number of morpholine rings is 1. The van der Waals surface area contributed by atoms with Crippen molar-refractivity contribution in [2.75, 3.05) is 29.9 Å². The summed E-state index contributed by atoms with van der Waals surface area (Å²) in [7, 11) is 0. The van der Waals surface area contributed by atoms with Crippen molar-refractivity contribution >= 4 is 11.4 Å². The molecular weight excluding hydrogens is 248 g/mol. The Hall–Kier alpha value is -1.22. The molecule has 1 N–H and O–H groups in total. The number of nitrogens with one attached hydrogen (secondary N) is 1. The van der Waals surface area contributed by atoms with Gasteiger partial charge in [-0.3, -0.25) is 0 Å². The molecular formula is C17H24N2O. The van der Waals surface area contributed by atoms with Crippen LogP contribution in [0.2, 0.25) is 0 Å². The van der Waals surface area contributed by atoms with E-state index >= 15 is 0 Å². The highest BCUT2D eigenvalue weighted by Gasteiger charge is 2.35. The van der Waals surface area contributed by atoms with E-state index in [1.165, 1.54) is 55.5 Å². The summed E-state index contributed by atoms with van der Waals surface area (Å²) in [4.78, 5) is 2.65. The molecule has 2 aliphatic heterocycles.